The normalized spacial score (nSPS) is 11.6. The Labute approximate surface area is 171 Å². The summed E-state index contributed by atoms with van der Waals surface area (Å²) in [7, 11) is 0. The van der Waals surface area contributed by atoms with Gasteiger partial charge in [-0.1, -0.05) is 22.0 Å². The Morgan fingerprint density at radius 1 is 0.897 bits per heavy atom. The lowest BCUT2D eigenvalue weighted by Gasteiger charge is -2.06. The highest BCUT2D eigenvalue weighted by molar-refractivity contribution is 9.10. The van der Waals surface area contributed by atoms with Gasteiger partial charge in [0, 0.05) is 10.0 Å². The molecule has 5 nitrogen and oxygen atoms in total. The van der Waals surface area contributed by atoms with Crippen LogP contribution in [0.3, 0.4) is 0 Å². The van der Waals surface area contributed by atoms with Gasteiger partial charge in [-0.05, 0) is 54.6 Å². The quantitative estimate of drug-likeness (QED) is 0.344. The van der Waals surface area contributed by atoms with E-state index >= 15 is 0 Å². The lowest BCUT2D eigenvalue weighted by atomic mass is 10.1. The van der Waals surface area contributed by atoms with Crippen LogP contribution in [0.4, 0.5) is 13.2 Å². The third-order valence-electron chi connectivity index (χ3n) is 3.93. The summed E-state index contributed by atoms with van der Waals surface area (Å²) in [6.07, 6.45) is -4.45. The molecule has 9 heteroatoms. The van der Waals surface area contributed by atoms with E-state index in [4.69, 9.17) is 13.6 Å². The Kier molecular flexibility index (Phi) is 5.14. The van der Waals surface area contributed by atoms with Gasteiger partial charge in [0.1, 0.15) is 18.1 Å². The maximum Gasteiger partial charge on any atom is 0.416 e. The number of rotatable bonds is 5. The van der Waals surface area contributed by atoms with Gasteiger partial charge in [-0.15, -0.1) is 10.2 Å². The topological polar surface area (TPSA) is 61.3 Å². The van der Waals surface area contributed by atoms with E-state index in [0.29, 0.717) is 17.3 Å². The molecular weight excluding hydrogens is 453 g/mol. The number of hydrogen-bond donors (Lipinski definition) is 0. The highest BCUT2D eigenvalue weighted by atomic mass is 79.9. The van der Waals surface area contributed by atoms with Crippen molar-refractivity contribution in [1.82, 2.24) is 10.2 Å². The SMILES string of the molecule is FC(F)(F)c1cccc(-c2nnc(-c3ccc(COc4ccc(Br)cc4)o3)o2)c1. The Balaban J connectivity index is 1.48. The van der Waals surface area contributed by atoms with Crippen molar-refractivity contribution in [2.45, 2.75) is 12.8 Å². The first-order chi connectivity index (χ1) is 13.9. The van der Waals surface area contributed by atoms with Gasteiger partial charge in [0.15, 0.2) is 5.76 Å². The highest BCUT2D eigenvalue weighted by Crippen LogP contribution is 2.32. The van der Waals surface area contributed by atoms with Gasteiger partial charge >= 0.3 is 6.18 Å². The van der Waals surface area contributed by atoms with Gasteiger partial charge in [0.05, 0.1) is 5.56 Å². The van der Waals surface area contributed by atoms with Crippen molar-refractivity contribution in [2.75, 3.05) is 0 Å². The summed E-state index contributed by atoms with van der Waals surface area (Å²) in [5.74, 6) is 1.53. The molecule has 2 aromatic heterocycles. The molecule has 0 unspecified atom stereocenters. The van der Waals surface area contributed by atoms with Crippen LogP contribution in [-0.4, -0.2) is 10.2 Å². The second-order valence-corrected chi connectivity index (χ2v) is 6.92. The highest BCUT2D eigenvalue weighted by Gasteiger charge is 2.31. The van der Waals surface area contributed by atoms with Crippen LogP contribution in [0.2, 0.25) is 0 Å². The van der Waals surface area contributed by atoms with E-state index in [1.807, 2.05) is 24.3 Å². The standard InChI is InChI=1S/C20H12BrF3N2O3/c21-14-4-6-15(7-5-14)27-11-16-8-9-17(28-16)19-26-25-18(29-19)12-2-1-3-13(10-12)20(22,23)24/h1-10H,11H2. The van der Waals surface area contributed by atoms with Gasteiger partial charge < -0.3 is 13.6 Å². The third-order valence-corrected chi connectivity index (χ3v) is 4.46. The average Bonchev–Trinajstić information content (AvgIpc) is 3.37. The molecule has 0 bridgehead atoms. The number of alkyl halides is 3. The van der Waals surface area contributed by atoms with Crippen molar-refractivity contribution < 1.29 is 26.7 Å². The van der Waals surface area contributed by atoms with Crippen LogP contribution in [0.5, 0.6) is 5.75 Å². The maximum atomic E-state index is 12.9. The number of ether oxygens (including phenoxy) is 1. The fourth-order valence-corrected chi connectivity index (χ4v) is 2.79. The van der Waals surface area contributed by atoms with Crippen LogP contribution in [-0.2, 0) is 12.8 Å². The lowest BCUT2D eigenvalue weighted by molar-refractivity contribution is -0.137. The maximum absolute atomic E-state index is 12.9. The molecule has 0 aliphatic heterocycles. The molecule has 0 atom stereocenters. The monoisotopic (exact) mass is 464 g/mol. The Bertz CT molecular complexity index is 1120. The summed E-state index contributed by atoms with van der Waals surface area (Å²) in [6.45, 7) is 0.191. The number of benzene rings is 2. The van der Waals surface area contributed by atoms with Gasteiger partial charge in [0.25, 0.3) is 5.89 Å². The molecule has 29 heavy (non-hydrogen) atoms. The second-order valence-electron chi connectivity index (χ2n) is 6.00. The largest absolute Gasteiger partial charge is 0.486 e. The number of halogens is 4. The van der Waals surface area contributed by atoms with E-state index < -0.39 is 11.7 Å². The molecule has 2 aromatic carbocycles. The van der Waals surface area contributed by atoms with Crippen LogP contribution in [0.1, 0.15) is 11.3 Å². The number of aromatic nitrogens is 2. The summed E-state index contributed by atoms with van der Waals surface area (Å²) in [4.78, 5) is 0. The zero-order valence-corrected chi connectivity index (χ0v) is 16.2. The van der Waals surface area contributed by atoms with Gasteiger partial charge in [-0.25, -0.2) is 0 Å². The van der Waals surface area contributed by atoms with Crippen LogP contribution in [0.25, 0.3) is 23.1 Å². The number of nitrogens with zero attached hydrogens (tertiary/aromatic N) is 2. The van der Waals surface area contributed by atoms with E-state index in [1.165, 1.54) is 12.1 Å². The first kappa shape index (κ1) is 19.3. The molecule has 0 N–H and O–H groups in total. The van der Waals surface area contributed by atoms with E-state index in [2.05, 4.69) is 26.1 Å². The molecule has 0 aliphatic rings. The first-order valence-corrected chi connectivity index (χ1v) is 9.16. The zero-order chi connectivity index (χ0) is 20.4. The van der Waals surface area contributed by atoms with E-state index in [1.54, 1.807) is 12.1 Å². The molecule has 0 saturated carbocycles. The van der Waals surface area contributed by atoms with Crippen molar-refractivity contribution in [2.24, 2.45) is 0 Å². The van der Waals surface area contributed by atoms with E-state index in [-0.39, 0.29) is 24.0 Å². The molecule has 2 heterocycles. The molecule has 4 aromatic rings. The smallest absolute Gasteiger partial charge is 0.416 e. The van der Waals surface area contributed by atoms with Crippen molar-refractivity contribution in [3.8, 4) is 28.9 Å². The minimum Gasteiger partial charge on any atom is -0.486 e. The zero-order valence-electron chi connectivity index (χ0n) is 14.6. The Morgan fingerprint density at radius 2 is 1.66 bits per heavy atom. The molecule has 0 fully saturated rings. The molecule has 0 saturated heterocycles. The minimum absolute atomic E-state index is 0.0323. The molecule has 148 valence electrons. The van der Waals surface area contributed by atoms with Crippen molar-refractivity contribution in [3.05, 3.63) is 76.5 Å². The summed E-state index contributed by atoms with van der Waals surface area (Å²) < 4.78 is 56.3. The van der Waals surface area contributed by atoms with Gasteiger partial charge in [0.2, 0.25) is 5.89 Å². The third kappa shape index (κ3) is 4.51. The van der Waals surface area contributed by atoms with Crippen LogP contribution in [0, 0.1) is 0 Å². The minimum atomic E-state index is -4.45. The van der Waals surface area contributed by atoms with E-state index in [9.17, 15) is 13.2 Å². The molecule has 0 spiro atoms. The fraction of sp³-hybridized carbons (Fsp3) is 0.100. The molecule has 0 radical (unpaired) electrons. The van der Waals surface area contributed by atoms with Crippen molar-refractivity contribution in [3.63, 3.8) is 0 Å². The number of furan rings is 1. The number of hydrogen-bond acceptors (Lipinski definition) is 5. The second kappa shape index (κ2) is 7.75. The van der Waals surface area contributed by atoms with Crippen LogP contribution in [0.15, 0.2) is 74.0 Å². The fourth-order valence-electron chi connectivity index (χ4n) is 2.52. The van der Waals surface area contributed by atoms with Crippen LogP contribution >= 0.6 is 15.9 Å². The van der Waals surface area contributed by atoms with Crippen LogP contribution < -0.4 is 4.74 Å². The molecular formula is C20H12BrF3N2O3. The Hall–Kier alpha value is -3.07. The van der Waals surface area contributed by atoms with Crippen molar-refractivity contribution in [1.29, 1.82) is 0 Å². The summed E-state index contributed by atoms with van der Waals surface area (Å²) in [6, 6.07) is 15.3. The molecule has 0 aliphatic carbocycles. The molecule has 0 amide bonds. The molecule has 4 rings (SSSR count). The Morgan fingerprint density at radius 3 is 2.41 bits per heavy atom. The summed E-state index contributed by atoms with van der Waals surface area (Å²) in [5.41, 5.74) is -0.621. The van der Waals surface area contributed by atoms with Gasteiger partial charge in [-0.3, -0.25) is 0 Å². The van der Waals surface area contributed by atoms with Gasteiger partial charge in [-0.2, -0.15) is 13.2 Å². The summed E-state index contributed by atoms with van der Waals surface area (Å²) >= 11 is 3.35. The lowest BCUT2D eigenvalue weighted by Crippen LogP contribution is -2.04. The average molecular weight is 465 g/mol. The van der Waals surface area contributed by atoms with Crippen molar-refractivity contribution >= 4 is 15.9 Å². The first-order valence-electron chi connectivity index (χ1n) is 8.37. The predicted molar refractivity (Wildman–Crippen MR) is 101 cm³/mol. The summed E-state index contributed by atoms with van der Waals surface area (Å²) in [5, 5.41) is 7.68. The predicted octanol–water partition coefficient (Wildman–Crippen LogP) is 6.36. The van der Waals surface area contributed by atoms with E-state index in [0.717, 1.165) is 16.6 Å².